The van der Waals surface area contributed by atoms with Crippen molar-refractivity contribution >= 4 is 17.8 Å². The van der Waals surface area contributed by atoms with Gasteiger partial charge in [-0.1, -0.05) is 0 Å². The standard InChI is InChI=1S/C13H20N4O3/c1-8-9(3-5-14-8)10(18)17-6-2-4-13(7-17)11(19)15-12(20)16-13/h8-9,14H,2-7H2,1H3,(H2,15,16,19,20). The third-order valence-corrected chi connectivity index (χ3v) is 4.66. The zero-order valence-corrected chi connectivity index (χ0v) is 11.6. The summed E-state index contributed by atoms with van der Waals surface area (Å²) in [4.78, 5) is 37.6. The average molecular weight is 280 g/mol. The maximum Gasteiger partial charge on any atom is 0.322 e. The van der Waals surface area contributed by atoms with Crippen LogP contribution in [0.15, 0.2) is 0 Å². The molecule has 3 atom stereocenters. The fourth-order valence-corrected chi connectivity index (χ4v) is 3.49. The first-order valence-electron chi connectivity index (χ1n) is 7.18. The number of carbonyl (C=O) groups excluding carboxylic acids is 3. The summed E-state index contributed by atoms with van der Waals surface area (Å²) in [7, 11) is 0. The third kappa shape index (κ3) is 2.06. The molecule has 20 heavy (non-hydrogen) atoms. The summed E-state index contributed by atoms with van der Waals surface area (Å²) in [6, 6.07) is -0.285. The Morgan fingerprint density at radius 3 is 2.80 bits per heavy atom. The van der Waals surface area contributed by atoms with Crippen LogP contribution in [0.4, 0.5) is 4.79 Å². The largest absolute Gasteiger partial charge is 0.340 e. The summed E-state index contributed by atoms with van der Waals surface area (Å²) in [5, 5.41) is 8.24. The number of rotatable bonds is 1. The Bertz CT molecular complexity index is 467. The van der Waals surface area contributed by atoms with Crippen molar-refractivity contribution in [3.8, 4) is 0 Å². The van der Waals surface area contributed by atoms with E-state index in [4.69, 9.17) is 0 Å². The molecular formula is C13H20N4O3. The van der Waals surface area contributed by atoms with E-state index in [-0.39, 0.29) is 30.3 Å². The lowest BCUT2D eigenvalue weighted by Gasteiger charge is -2.39. The first-order valence-corrected chi connectivity index (χ1v) is 7.18. The Balaban J connectivity index is 1.74. The van der Waals surface area contributed by atoms with E-state index in [9.17, 15) is 14.4 Å². The number of hydrogen-bond acceptors (Lipinski definition) is 4. The van der Waals surface area contributed by atoms with Crippen molar-refractivity contribution in [1.82, 2.24) is 20.9 Å². The number of piperidine rings is 1. The normalized spacial score (nSPS) is 37.1. The van der Waals surface area contributed by atoms with E-state index in [1.165, 1.54) is 0 Å². The molecule has 0 saturated carbocycles. The first-order chi connectivity index (χ1) is 9.52. The molecule has 3 fully saturated rings. The van der Waals surface area contributed by atoms with Crippen molar-refractivity contribution in [2.75, 3.05) is 19.6 Å². The van der Waals surface area contributed by atoms with E-state index in [2.05, 4.69) is 16.0 Å². The van der Waals surface area contributed by atoms with E-state index in [0.29, 0.717) is 13.0 Å². The van der Waals surface area contributed by atoms with Crippen LogP contribution in [0.1, 0.15) is 26.2 Å². The van der Waals surface area contributed by atoms with E-state index in [0.717, 1.165) is 19.4 Å². The number of urea groups is 1. The summed E-state index contributed by atoms with van der Waals surface area (Å²) >= 11 is 0. The molecule has 3 N–H and O–H groups in total. The van der Waals surface area contributed by atoms with Crippen molar-refractivity contribution in [3.63, 3.8) is 0 Å². The summed E-state index contributed by atoms with van der Waals surface area (Å²) in [6.07, 6.45) is 2.16. The summed E-state index contributed by atoms with van der Waals surface area (Å²) < 4.78 is 0. The van der Waals surface area contributed by atoms with Crippen LogP contribution < -0.4 is 16.0 Å². The molecule has 3 rings (SSSR count). The molecule has 7 heteroatoms. The number of imide groups is 1. The molecule has 4 amide bonds. The van der Waals surface area contributed by atoms with Crippen molar-refractivity contribution in [2.45, 2.75) is 37.8 Å². The van der Waals surface area contributed by atoms with Crippen molar-refractivity contribution in [3.05, 3.63) is 0 Å². The second kappa shape index (κ2) is 4.73. The highest BCUT2D eigenvalue weighted by atomic mass is 16.2. The van der Waals surface area contributed by atoms with Crippen LogP contribution in [0, 0.1) is 5.92 Å². The van der Waals surface area contributed by atoms with Crippen molar-refractivity contribution in [2.24, 2.45) is 5.92 Å². The smallest absolute Gasteiger partial charge is 0.322 e. The number of hydrogen-bond donors (Lipinski definition) is 3. The molecule has 0 aromatic carbocycles. The van der Waals surface area contributed by atoms with E-state index in [1.807, 2.05) is 6.92 Å². The molecule has 3 aliphatic heterocycles. The Labute approximate surface area is 117 Å². The Morgan fingerprint density at radius 1 is 1.40 bits per heavy atom. The van der Waals surface area contributed by atoms with Gasteiger partial charge in [0.05, 0.1) is 12.5 Å². The van der Waals surface area contributed by atoms with Crippen LogP contribution in [0.2, 0.25) is 0 Å². The first kappa shape index (κ1) is 13.4. The van der Waals surface area contributed by atoms with Crippen LogP contribution in [-0.4, -0.2) is 54.0 Å². The molecule has 0 radical (unpaired) electrons. The van der Waals surface area contributed by atoms with Gasteiger partial charge in [-0.3, -0.25) is 14.9 Å². The van der Waals surface area contributed by atoms with E-state index < -0.39 is 11.6 Å². The third-order valence-electron chi connectivity index (χ3n) is 4.66. The maximum atomic E-state index is 12.6. The lowest BCUT2D eigenvalue weighted by atomic mass is 9.88. The highest BCUT2D eigenvalue weighted by Crippen LogP contribution is 2.27. The van der Waals surface area contributed by atoms with Gasteiger partial charge < -0.3 is 15.5 Å². The monoisotopic (exact) mass is 280 g/mol. The molecule has 110 valence electrons. The summed E-state index contributed by atoms with van der Waals surface area (Å²) in [6.45, 7) is 3.81. The van der Waals surface area contributed by atoms with Crippen LogP contribution in [0.25, 0.3) is 0 Å². The number of carbonyl (C=O) groups is 3. The Hall–Kier alpha value is -1.63. The van der Waals surface area contributed by atoms with Gasteiger partial charge in [0.2, 0.25) is 5.91 Å². The predicted molar refractivity (Wildman–Crippen MR) is 70.8 cm³/mol. The van der Waals surface area contributed by atoms with Crippen molar-refractivity contribution < 1.29 is 14.4 Å². The number of likely N-dealkylation sites (tertiary alicyclic amines) is 1. The second-order valence-corrected chi connectivity index (χ2v) is 5.99. The zero-order chi connectivity index (χ0) is 14.3. The van der Waals surface area contributed by atoms with Crippen molar-refractivity contribution in [1.29, 1.82) is 0 Å². The zero-order valence-electron chi connectivity index (χ0n) is 11.6. The molecule has 0 aromatic rings. The topological polar surface area (TPSA) is 90.5 Å². The molecule has 3 heterocycles. The second-order valence-electron chi connectivity index (χ2n) is 5.99. The lowest BCUT2D eigenvalue weighted by molar-refractivity contribution is -0.140. The summed E-state index contributed by atoms with van der Waals surface area (Å²) in [5.41, 5.74) is -0.916. The van der Waals surface area contributed by atoms with Gasteiger partial charge in [-0.15, -0.1) is 0 Å². The molecule has 3 saturated heterocycles. The van der Waals surface area contributed by atoms with Gasteiger partial charge in [0.1, 0.15) is 5.54 Å². The average Bonchev–Trinajstić information content (AvgIpc) is 2.94. The van der Waals surface area contributed by atoms with E-state index >= 15 is 0 Å². The SMILES string of the molecule is CC1NCCC1C(=O)N1CCCC2(C1)NC(=O)NC2=O. The molecule has 3 unspecified atom stereocenters. The minimum absolute atomic E-state index is 0.0229. The molecular weight excluding hydrogens is 260 g/mol. The van der Waals surface area contributed by atoms with Gasteiger partial charge in [-0.05, 0) is 32.7 Å². The van der Waals surface area contributed by atoms with Crippen LogP contribution in [0.3, 0.4) is 0 Å². The molecule has 1 spiro atoms. The quantitative estimate of drug-likeness (QED) is 0.548. The van der Waals surface area contributed by atoms with E-state index in [1.54, 1.807) is 4.90 Å². The van der Waals surface area contributed by atoms with Crippen LogP contribution in [-0.2, 0) is 9.59 Å². The molecule has 0 bridgehead atoms. The molecule has 7 nitrogen and oxygen atoms in total. The molecule has 0 aromatic heterocycles. The molecule has 3 aliphatic rings. The van der Waals surface area contributed by atoms with Crippen LogP contribution in [0.5, 0.6) is 0 Å². The number of nitrogens with zero attached hydrogens (tertiary/aromatic N) is 1. The lowest BCUT2D eigenvalue weighted by Crippen LogP contribution is -2.60. The Kier molecular flexibility index (Phi) is 3.16. The van der Waals surface area contributed by atoms with Gasteiger partial charge in [0.15, 0.2) is 0 Å². The molecule has 0 aliphatic carbocycles. The fourth-order valence-electron chi connectivity index (χ4n) is 3.49. The predicted octanol–water partition coefficient (Wildman–Crippen LogP) is -0.815. The maximum absolute atomic E-state index is 12.6. The summed E-state index contributed by atoms with van der Waals surface area (Å²) in [5.74, 6) is -0.238. The van der Waals surface area contributed by atoms with Gasteiger partial charge >= 0.3 is 6.03 Å². The van der Waals surface area contributed by atoms with Gasteiger partial charge in [0, 0.05) is 12.6 Å². The minimum Gasteiger partial charge on any atom is -0.340 e. The Morgan fingerprint density at radius 2 is 2.20 bits per heavy atom. The highest BCUT2D eigenvalue weighted by molar-refractivity contribution is 6.07. The highest BCUT2D eigenvalue weighted by Gasteiger charge is 2.50. The number of nitrogens with one attached hydrogen (secondary N) is 3. The van der Waals surface area contributed by atoms with Gasteiger partial charge in [-0.2, -0.15) is 0 Å². The van der Waals surface area contributed by atoms with Gasteiger partial charge in [-0.25, -0.2) is 4.79 Å². The number of amides is 4. The van der Waals surface area contributed by atoms with Crippen LogP contribution >= 0.6 is 0 Å². The minimum atomic E-state index is -0.916. The van der Waals surface area contributed by atoms with Gasteiger partial charge in [0.25, 0.3) is 5.91 Å². The fraction of sp³-hybridized carbons (Fsp3) is 0.769.